The third-order valence-corrected chi connectivity index (χ3v) is 7.12. The minimum absolute atomic E-state index is 0.0447. The normalized spacial score (nSPS) is 11.5. The van der Waals surface area contributed by atoms with E-state index in [1.54, 1.807) is 13.8 Å². The summed E-state index contributed by atoms with van der Waals surface area (Å²) < 4.78 is 59.5. The van der Waals surface area contributed by atoms with Crippen LogP contribution in [0, 0.1) is 0 Å². The number of carbonyl (C=O) groups is 2. The Hall–Kier alpha value is -3.20. The van der Waals surface area contributed by atoms with E-state index >= 15 is 0 Å². The lowest BCUT2D eigenvalue weighted by Crippen LogP contribution is -2.42. The maximum absolute atomic E-state index is 12.2. The number of hydrogen-bond acceptors (Lipinski definition) is 8. The second kappa shape index (κ2) is 13.8. The predicted octanol–water partition coefficient (Wildman–Crippen LogP) is 1.36. The Labute approximate surface area is 210 Å². The highest BCUT2D eigenvalue weighted by Gasteiger charge is 2.16. The molecule has 0 spiro atoms. The maximum Gasteiger partial charge on any atom is 0.257 e. The number of nitrogens with one attached hydrogen (secondary N) is 4. The number of carbonyl (C=O) groups excluding carboxylic acids is 2. The summed E-state index contributed by atoms with van der Waals surface area (Å²) in [5, 5.41) is 0. The molecule has 14 heteroatoms. The van der Waals surface area contributed by atoms with Crippen molar-refractivity contribution in [1.29, 1.82) is 0 Å². The van der Waals surface area contributed by atoms with Gasteiger partial charge in [0.2, 0.25) is 11.8 Å². The summed E-state index contributed by atoms with van der Waals surface area (Å²) in [6.45, 7) is 4.50. The molecule has 0 aromatic heterocycles. The molecule has 12 nitrogen and oxygen atoms in total. The smallest absolute Gasteiger partial charge is 0.257 e. The van der Waals surface area contributed by atoms with Crippen LogP contribution < -0.4 is 30.0 Å². The van der Waals surface area contributed by atoms with Crippen LogP contribution in [0.25, 0.3) is 0 Å². The fourth-order valence-corrected chi connectivity index (χ4v) is 4.55. The molecule has 0 saturated heterocycles. The number of hydrogen-bond donors (Lipinski definition) is 4. The summed E-state index contributed by atoms with van der Waals surface area (Å²) in [7, 11) is -7.91. The first-order chi connectivity index (χ1) is 17.1. The van der Waals surface area contributed by atoms with E-state index < -0.39 is 31.9 Å². The van der Waals surface area contributed by atoms with Gasteiger partial charge in [0.05, 0.1) is 23.0 Å². The Balaban J connectivity index is 1.68. The third-order valence-electron chi connectivity index (χ3n) is 4.60. The van der Waals surface area contributed by atoms with E-state index in [1.165, 1.54) is 48.5 Å². The Morgan fingerprint density at radius 2 is 0.972 bits per heavy atom. The molecule has 0 aliphatic heterocycles. The zero-order valence-corrected chi connectivity index (χ0v) is 21.6. The summed E-state index contributed by atoms with van der Waals surface area (Å²) in [5.74, 6) is -0.121. The Morgan fingerprint density at radius 1 is 0.639 bits per heavy atom. The van der Waals surface area contributed by atoms with Crippen molar-refractivity contribution in [2.75, 3.05) is 13.2 Å². The van der Waals surface area contributed by atoms with Gasteiger partial charge in [0.25, 0.3) is 20.0 Å². The Bertz CT molecular complexity index is 1120. The van der Waals surface area contributed by atoms with Crippen LogP contribution in [0.3, 0.4) is 0 Å². The van der Waals surface area contributed by atoms with Gasteiger partial charge in [0, 0.05) is 12.8 Å². The minimum atomic E-state index is -3.95. The second-order valence-corrected chi connectivity index (χ2v) is 10.7. The van der Waals surface area contributed by atoms with Crippen molar-refractivity contribution in [1.82, 2.24) is 20.5 Å². The van der Waals surface area contributed by atoms with E-state index in [1.807, 2.05) is 9.66 Å². The number of ether oxygens (including phenoxy) is 2. The van der Waals surface area contributed by atoms with Gasteiger partial charge < -0.3 is 9.47 Å². The standard InChI is InChI=1S/C22H30N4O8S2/c1-3-33-17-9-13-19(14-10-17)35(29,30)25-23-21(27)7-5-6-8-22(28)24-26-36(31,32)20-15-11-18(12-16-20)34-4-2/h9-16,25-26H,3-8H2,1-2H3,(H,23,27)(H,24,28). The average molecular weight is 543 g/mol. The second-order valence-electron chi connectivity index (χ2n) is 7.32. The fourth-order valence-electron chi connectivity index (χ4n) is 2.83. The van der Waals surface area contributed by atoms with Crippen molar-refractivity contribution in [2.45, 2.75) is 49.3 Å². The van der Waals surface area contributed by atoms with Crippen LogP contribution in [0.4, 0.5) is 0 Å². The van der Waals surface area contributed by atoms with Gasteiger partial charge in [-0.2, -0.15) is 0 Å². The Kier molecular flexibility index (Phi) is 11.1. The van der Waals surface area contributed by atoms with Gasteiger partial charge in [-0.3, -0.25) is 20.4 Å². The Morgan fingerprint density at radius 3 is 1.28 bits per heavy atom. The highest BCUT2D eigenvalue weighted by molar-refractivity contribution is 7.89. The van der Waals surface area contributed by atoms with E-state index in [9.17, 15) is 26.4 Å². The lowest BCUT2D eigenvalue weighted by atomic mass is 10.2. The van der Waals surface area contributed by atoms with Gasteiger partial charge in [-0.1, -0.05) is 0 Å². The molecule has 2 amide bonds. The van der Waals surface area contributed by atoms with E-state index in [-0.39, 0.29) is 35.5 Å². The average Bonchev–Trinajstić information content (AvgIpc) is 2.85. The zero-order chi connectivity index (χ0) is 26.6. The minimum Gasteiger partial charge on any atom is -0.494 e. The number of sulfonamides is 2. The van der Waals surface area contributed by atoms with Gasteiger partial charge >= 0.3 is 0 Å². The number of amides is 2. The molecular formula is C22H30N4O8S2. The van der Waals surface area contributed by atoms with Crippen LogP contribution in [-0.2, 0) is 29.6 Å². The topological polar surface area (TPSA) is 169 Å². The highest BCUT2D eigenvalue weighted by atomic mass is 32.2. The molecule has 0 heterocycles. The monoisotopic (exact) mass is 542 g/mol. The van der Waals surface area contributed by atoms with Gasteiger partial charge in [-0.25, -0.2) is 16.8 Å². The summed E-state index contributed by atoms with van der Waals surface area (Å²) >= 11 is 0. The zero-order valence-electron chi connectivity index (χ0n) is 19.9. The van der Waals surface area contributed by atoms with E-state index in [4.69, 9.17) is 9.47 Å². The quantitative estimate of drug-likeness (QED) is 0.193. The van der Waals surface area contributed by atoms with Crippen LogP contribution in [0.5, 0.6) is 11.5 Å². The molecular weight excluding hydrogens is 512 g/mol. The van der Waals surface area contributed by atoms with E-state index in [2.05, 4.69) is 10.9 Å². The first-order valence-corrected chi connectivity index (χ1v) is 14.1. The number of unbranched alkanes of at least 4 members (excludes halogenated alkanes) is 1. The molecule has 0 bridgehead atoms. The molecule has 0 saturated carbocycles. The number of rotatable bonds is 15. The molecule has 0 fully saturated rings. The molecule has 0 atom stereocenters. The first-order valence-electron chi connectivity index (χ1n) is 11.1. The van der Waals surface area contributed by atoms with Crippen LogP contribution >= 0.6 is 0 Å². The van der Waals surface area contributed by atoms with Crippen molar-refractivity contribution in [3.63, 3.8) is 0 Å². The largest absolute Gasteiger partial charge is 0.494 e. The van der Waals surface area contributed by atoms with Gasteiger partial charge in [0.1, 0.15) is 11.5 Å². The van der Waals surface area contributed by atoms with Crippen LogP contribution in [-0.4, -0.2) is 41.9 Å². The van der Waals surface area contributed by atoms with E-state index in [0.29, 0.717) is 24.7 Å². The van der Waals surface area contributed by atoms with Gasteiger partial charge in [-0.05, 0) is 75.2 Å². The summed E-state index contributed by atoms with van der Waals surface area (Å²) in [5.41, 5.74) is 4.23. The summed E-state index contributed by atoms with van der Waals surface area (Å²) in [6, 6.07) is 11.4. The first kappa shape index (κ1) is 29.0. The molecule has 0 radical (unpaired) electrons. The third kappa shape index (κ3) is 9.45. The SMILES string of the molecule is CCOc1ccc(S(=O)(=O)NNC(=O)CCCCC(=O)NNS(=O)(=O)c2ccc(OCC)cc2)cc1. The predicted molar refractivity (Wildman–Crippen MR) is 131 cm³/mol. The number of hydrazine groups is 2. The molecule has 2 rings (SSSR count). The molecule has 2 aromatic rings. The molecule has 0 aliphatic carbocycles. The molecule has 198 valence electrons. The van der Waals surface area contributed by atoms with Gasteiger partial charge in [-0.15, -0.1) is 9.66 Å². The van der Waals surface area contributed by atoms with Crippen molar-refractivity contribution in [2.24, 2.45) is 0 Å². The molecule has 36 heavy (non-hydrogen) atoms. The maximum atomic E-state index is 12.2. The van der Waals surface area contributed by atoms with Crippen molar-refractivity contribution in [3.8, 4) is 11.5 Å². The lowest BCUT2D eigenvalue weighted by Gasteiger charge is -2.10. The molecule has 0 aliphatic rings. The lowest BCUT2D eigenvalue weighted by molar-refractivity contribution is -0.123. The van der Waals surface area contributed by atoms with Crippen molar-refractivity contribution in [3.05, 3.63) is 48.5 Å². The van der Waals surface area contributed by atoms with Crippen LogP contribution in [0.2, 0.25) is 0 Å². The molecule has 4 N–H and O–H groups in total. The summed E-state index contributed by atoms with van der Waals surface area (Å²) in [6.07, 6.45) is 0.458. The van der Waals surface area contributed by atoms with Crippen molar-refractivity contribution < 1.29 is 35.9 Å². The summed E-state index contributed by atoms with van der Waals surface area (Å²) in [4.78, 5) is 27.8. The van der Waals surface area contributed by atoms with Crippen LogP contribution in [0.1, 0.15) is 39.5 Å². The number of benzene rings is 2. The van der Waals surface area contributed by atoms with Crippen molar-refractivity contribution >= 4 is 31.9 Å². The molecule has 0 unspecified atom stereocenters. The fraction of sp³-hybridized carbons (Fsp3) is 0.364. The van der Waals surface area contributed by atoms with E-state index in [0.717, 1.165) is 0 Å². The van der Waals surface area contributed by atoms with Crippen LogP contribution in [0.15, 0.2) is 58.3 Å². The van der Waals surface area contributed by atoms with Gasteiger partial charge in [0.15, 0.2) is 0 Å². The highest BCUT2D eigenvalue weighted by Crippen LogP contribution is 2.16. The molecule has 2 aromatic carbocycles.